The van der Waals surface area contributed by atoms with Crippen LogP contribution in [-0.2, 0) is 9.59 Å². The average Bonchev–Trinajstić information content (AvgIpc) is 1.86. The maximum Gasteiger partial charge on any atom is 0.333 e. The highest BCUT2D eigenvalue weighted by molar-refractivity contribution is 5.87. The summed E-state index contributed by atoms with van der Waals surface area (Å²) in [4.78, 5) is 21.0. The predicted molar refractivity (Wildman–Crippen MR) is 40.1 cm³/mol. The van der Waals surface area contributed by atoms with E-state index < -0.39 is 17.4 Å². The molecule has 0 aliphatic heterocycles. The van der Waals surface area contributed by atoms with Gasteiger partial charge < -0.3 is 10.4 Å². The molecule has 0 rings (SSSR count). The molecule has 0 radical (unpaired) electrons. The van der Waals surface area contributed by atoms with E-state index in [9.17, 15) is 9.59 Å². The molecular formula is C7H11NO3. The summed E-state index contributed by atoms with van der Waals surface area (Å²) < 4.78 is 0. The molecule has 0 aliphatic carbocycles. The Kier molecular flexibility index (Phi) is 2.80. The van der Waals surface area contributed by atoms with Crippen LogP contribution in [0.15, 0.2) is 12.7 Å². The van der Waals surface area contributed by atoms with Crippen molar-refractivity contribution in [3.05, 3.63) is 12.7 Å². The van der Waals surface area contributed by atoms with Crippen molar-refractivity contribution < 1.29 is 14.7 Å². The van der Waals surface area contributed by atoms with E-state index in [1.807, 2.05) is 0 Å². The van der Waals surface area contributed by atoms with Gasteiger partial charge in [-0.25, -0.2) is 4.79 Å². The van der Waals surface area contributed by atoms with Crippen LogP contribution in [0.25, 0.3) is 0 Å². The number of aliphatic carboxylic acids is 1. The van der Waals surface area contributed by atoms with E-state index in [1.165, 1.54) is 19.9 Å². The van der Waals surface area contributed by atoms with E-state index in [-0.39, 0.29) is 0 Å². The molecule has 11 heavy (non-hydrogen) atoms. The molecule has 62 valence electrons. The molecule has 0 aromatic rings. The first-order valence-electron chi connectivity index (χ1n) is 3.08. The number of amides is 1. The first kappa shape index (κ1) is 9.68. The Morgan fingerprint density at radius 2 is 2.09 bits per heavy atom. The van der Waals surface area contributed by atoms with E-state index in [1.54, 1.807) is 0 Å². The molecule has 0 aromatic heterocycles. The molecule has 0 bridgehead atoms. The lowest BCUT2D eigenvalue weighted by Crippen LogP contribution is -2.49. The topological polar surface area (TPSA) is 66.4 Å². The van der Waals surface area contributed by atoms with Crippen LogP contribution in [0, 0.1) is 0 Å². The molecule has 1 atom stereocenters. The fraction of sp³-hybridized carbons (Fsp3) is 0.429. The number of hydrogen-bond donors (Lipinski definition) is 2. The largest absolute Gasteiger partial charge is 0.479 e. The normalized spacial score (nSPS) is 14.7. The highest BCUT2D eigenvalue weighted by Crippen LogP contribution is 2.04. The molecular weight excluding hydrogens is 146 g/mol. The van der Waals surface area contributed by atoms with E-state index in [2.05, 4.69) is 11.9 Å². The first-order valence-corrected chi connectivity index (χ1v) is 3.08. The molecule has 4 nitrogen and oxygen atoms in total. The van der Waals surface area contributed by atoms with Crippen LogP contribution < -0.4 is 5.32 Å². The fourth-order valence-electron chi connectivity index (χ4n) is 0.557. The quantitative estimate of drug-likeness (QED) is 0.573. The first-order chi connectivity index (χ1) is 4.92. The smallest absolute Gasteiger partial charge is 0.333 e. The highest BCUT2D eigenvalue weighted by Gasteiger charge is 2.29. The van der Waals surface area contributed by atoms with Crippen molar-refractivity contribution in [1.29, 1.82) is 0 Å². The van der Waals surface area contributed by atoms with Gasteiger partial charge in [0.2, 0.25) is 5.91 Å². The minimum absolute atomic E-state index is 0.394. The lowest BCUT2D eigenvalue weighted by atomic mass is 10.0. The second-order valence-electron chi connectivity index (χ2n) is 2.39. The van der Waals surface area contributed by atoms with Crippen molar-refractivity contribution in [1.82, 2.24) is 5.32 Å². The predicted octanol–water partition coefficient (Wildman–Crippen LogP) is 0.152. The van der Waals surface area contributed by atoms with Crippen LogP contribution in [0.3, 0.4) is 0 Å². The molecule has 4 heteroatoms. The second kappa shape index (κ2) is 3.18. The highest BCUT2D eigenvalue weighted by atomic mass is 16.4. The number of carboxylic acid groups (broad SMARTS) is 1. The van der Waals surface area contributed by atoms with Crippen molar-refractivity contribution in [2.24, 2.45) is 0 Å². The van der Waals surface area contributed by atoms with Crippen molar-refractivity contribution in [3.63, 3.8) is 0 Å². The van der Waals surface area contributed by atoms with E-state index in [0.717, 1.165) is 0 Å². The molecule has 0 aliphatic rings. The van der Waals surface area contributed by atoms with Gasteiger partial charge in [-0.15, -0.1) is 6.58 Å². The van der Waals surface area contributed by atoms with Crippen LogP contribution in [-0.4, -0.2) is 22.5 Å². The minimum atomic E-state index is -1.36. The Hall–Kier alpha value is -1.32. The van der Waals surface area contributed by atoms with Gasteiger partial charge in [-0.05, 0) is 6.92 Å². The Labute approximate surface area is 64.9 Å². The molecule has 0 unspecified atom stereocenters. The van der Waals surface area contributed by atoms with Gasteiger partial charge in [-0.1, -0.05) is 6.08 Å². The molecule has 0 saturated carbocycles. The lowest BCUT2D eigenvalue weighted by molar-refractivity contribution is -0.144. The van der Waals surface area contributed by atoms with Crippen molar-refractivity contribution in [2.75, 3.05) is 0 Å². The van der Waals surface area contributed by atoms with Crippen LogP contribution in [0.4, 0.5) is 0 Å². The zero-order valence-corrected chi connectivity index (χ0v) is 6.55. The standard InChI is InChI=1S/C7H11NO3/c1-4-7(3,6(10)11)8-5(2)9/h4H,1H2,2-3H3,(H,8,9)(H,10,11)/t7-/m0/s1. The molecule has 1 amide bonds. The Bertz CT molecular complexity index is 200. The van der Waals surface area contributed by atoms with Crippen LogP contribution in [0.5, 0.6) is 0 Å². The Balaban J connectivity index is 4.47. The van der Waals surface area contributed by atoms with Crippen molar-refractivity contribution in [3.8, 4) is 0 Å². The van der Waals surface area contributed by atoms with Gasteiger partial charge in [0.25, 0.3) is 0 Å². The molecule has 2 N–H and O–H groups in total. The summed E-state index contributed by atoms with van der Waals surface area (Å²) in [5.41, 5.74) is -1.36. The monoisotopic (exact) mass is 157 g/mol. The molecule has 0 fully saturated rings. The van der Waals surface area contributed by atoms with Crippen molar-refractivity contribution >= 4 is 11.9 Å². The molecule has 0 aromatic carbocycles. The number of carbonyl (C=O) groups is 2. The number of rotatable bonds is 3. The Morgan fingerprint density at radius 3 is 2.18 bits per heavy atom. The number of hydrogen-bond acceptors (Lipinski definition) is 2. The summed E-state index contributed by atoms with van der Waals surface area (Å²) >= 11 is 0. The zero-order valence-electron chi connectivity index (χ0n) is 6.55. The van der Waals surface area contributed by atoms with Gasteiger partial charge in [0.05, 0.1) is 0 Å². The van der Waals surface area contributed by atoms with Gasteiger partial charge in [0.1, 0.15) is 0 Å². The van der Waals surface area contributed by atoms with Gasteiger partial charge in [-0.2, -0.15) is 0 Å². The van der Waals surface area contributed by atoms with Gasteiger partial charge in [-0.3, -0.25) is 4.79 Å². The summed E-state index contributed by atoms with van der Waals surface area (Å²) in [5, 5.41) is 10.8. The molecule has 0 heterocycles. The molecule has 0 saturated heterocycles. The average molecular weight is 157 g/mol. The van der Waals surface area contributed by atoms with E-state index >= 15 is 0 Å². The maximum atomic E-state index is 10.5. The summed E-state index contributed by atoms with van der Waals surface area (Å²) in [6.45, 7) is 5.93. The van der Waals surface area contributed by atoms with Crippen molar-refractivity contribution in [2.45, 2.75) is 19.4 Å². The summed E-state index contributed by atoms with van der Waals surface area (Å²) in [5.74, 6) is -1.52. The van der Waals surface area contributed by atoms with E-state index in [4.69, 9.17) is 5.11 Å². The second-order valence-corrected chi connectivity index (χ2v) is 2.39. The third-order valence-corrected chi connectivity index (χ3v) is 1.29. The number of carbonyl (C=O) groups excluding carboxylic acids is 1. The van der Waals surface area contributed by atoms with Gasteiger partial charge in [0.15, 0.2) is 5.54 Å². The zero-order chi connectivity index (χ0) is 9.07. The van der Waals surface area contributed by atoms with Gasteiger partial charge in [0, 0.05) is 6.92 Å². The van der Waals surface area contributed by atoms with Gasteiger partial charge >= 0.3 is 5.97 Å². The van der Waals surface area contributed by atoms with Crippen LogP contribution >= 0.6 is 0 Å². The summed E-state index contributed by atoms with van der Waals surface area (Å²) in [7, 11) is 0. The van der Waals surface area contributed by atoms with Crippen LogP contribution in [0.1, 0.15) is 13.8 Å². The third kappa shape index (κ3) is 2.41. The van der Waals surface area contributed by atoms with Crippen LogP contribution in [0.2, 0.25) is 0 Å². The third-order valence-electron chi connectivity index (χ3n) is 1.29. The minimum Gasteiger partial charge on any atom is -0.479 e. The fourth-order valence-corrected chi connectivity index (χ4v) is 0.557. The van der Waals surface area contributed by atoms with E-state index in [0.29, 0.717) is 0 Å². The Morgan fingerprint density at radius 1 is 1.64 bits per heavy atom. The maximum absolute atomic E-state index is 10.5. The SMILES string of the molecule is C=C[C@](C)(NC(C)=O)C(=O)O. The number of carboxylic acids is 1. The lowest BCUT2D eigenvalue weighted by Gasteiger charge is -2.20. The molecule has 0 spiro atoms. The summed E-state index contributed by atoms with van der Waals surface area (Å²) in [6, 6.07) is 0. The number of nitrogens with one attached hydrogen (secondary N) is 1. The summed E-state index contributed by atoms with van der Waals surface area (Å²) in [6.07, 6.45) is 1.18.